The van der Waals surface area contributed by atoms with Crippen LogP contribution in [0, 0.1) is 0 Å². The molecule has 0 radical (unpaired) electrons. The Hall–Kier alpha value is -2.21. The minimum atomic E-state index is -0.409. The van der Waals surface area contributed by atoms with Gasteiger partial charge in [0.2, 0.25) is 0 Å². The number of carbonyl (C=O) groups is 2. The van der Waals surface area contributed by atoms with Gasteiger partial charge in [-0.1, -0.05) is 25.4 Å². The fraction of sp³-hybridized carbons (Fsp3) is 0.444. The quantitative estimate of drug-likeness (QED) is 0.588. The van der Waals surface area contributed by atoms with Gasteiger partial charge in [0, 0.05) is 6.54 Å². The van der Waals surface area contributed by atoms with Crippen LogP contribution in [-0.4, -0.2) is 36.6 Å². The Kier molecular flexibility index (Phi) is 6.31. The average Bonchev–Trinajstić information content (AvgIpc) is 2.84. The largest absolute Gasteiger partial charge is 0.493 e. The highest BCUT2D eigenvalue weighted by molar-refractivity contribution is 6.32. The number of urea groups is 1. The number of amides is 3. The molecule has 0 bridgehead atoms. The first-order valence-electron chi connectivity index (χ1n) is 8.29. The van der Waals surface area contributed by atoms with Crippen LogP contribution < -0.4 is 14.8 Å². The van der Waals surface area contributed by atoms with Crippen molar-refractivity contribution in [2.24, 2.45) is 0 Å². The van der Waals surface area contributed by atoms with Crippen molar-refractivity contribution in [2.45, 2.75) is 39.7 Å². The molecule has 0 spiro atoms. The lowest BCUT2D eigenvalue weighted by Crippen LogP contribution is -2.31. The summed E-state index contributed by atoms with van der Waals surface area (Å²) in [5.74, 6) is 0.596. The molecule has 1 aromatic rings. The van der Waals surface area contributed by atoms with Gasteiger partial charge in [0.1, 0.15) is 5.70 Å². The van der Waals surface area contributed by atoms with Crippen LogP contribution in [0.3, 0.4) is 0 Å². The third kappa shape index (κ3) is 4.25. The summed E-state index contributed by atoms with van der Waals surface area (Å²) in [6.45, 7) is 6.25. The normalized spacial score (nSPS) is 17.0. The molecule has 0 unspecified atom stereocenters. The predicted molar refractivity (Wildman–Crippen MR) is 96.9 cm³/mol. The monoisotopic (exact) mass is 366 g/mol. The molecule has 3 amide bonds. The van der Waals surface area contributed by atoms with E-state index >= 15 is 0 Å². The Morgan fingerprint density at radius 1 is 1.32 bits per heavy atom. The molecule has 0 aromatic heterocycles. The smallest absolute Gasteiger partial charge is 0.329 e. The lowest BCUT2D eigenvalue weighted by Gasteiger charge is -2.17. The molecule has 1 aliphatic heterocycles. The summed E-state index contributed by atoms with van der Waals surface area (Å²) < 4.78 is 11.2. The van der Waals surface area contributed by atoms with Gasteiger partial charge >= 0.3 is 6.03 Å². The molecule has 1 fully saturated rings. The second-order valence-corrected chi connectivity index (χ2v) is 6.22. The molecule has 7 heteroatoms. The topological polar surface area (TPSA) is 67.9 Å². The number of halogens is 1. The predicted octanol–water partition coefficient (Wildman–Crippen LogP) is 3.83. The number of benzene rings is 1. The van der Waals surface area contributed by atoms with E-state index in [2.05, 4.69) is 5.32 Å². The van der Waals surface area contributed by atoms with Gasteiger partial charge in [-0.05, 0) is 43.5 Å². The molecule has 1 aromatic carbocycles. The van der Waals surface area contributed by atoms with Crippen LogP contribution in [0.15, 0.2) is 17.8 Å². The van der Waals surface area contributed by atoms with Crippen molar-refractivity contribution in [3.05, 3.63) is 28.4 Å². The third-order valence-electron chi connectivity index (χ3n) is 3.87. The van der Waals surface area contributed by atoms with E-state index in [1.54, 1.807) is 18.2 Å². The molecule has 25 heavy (non-hydrogen) atoms. The van der Waals surface area contributed by atoms with Crippen molar-refractivity contribution >= 4 is 29.6 Å². The molecule has 6 nitrogen and oxygen atoms in total. The summed E-state index contributed by atoms with van der Waals surface area (Å²) in [5, 5.41) is 2.97. The zero-order valence-electron chi connectivity index (χ0n) is 14.9. The first kappa shape index (κ1) is 19.1. The van der Waals surface area contributed by atoms with Crippen LogP contribution >= 0.6 is 11.6 Å². The second-order valence-electron chi connectivity index (χ2n) is 5.82. The average molecular weight is 367 g/mol. The fourth-order valence-electron chi connectivity index (χ4n) is 2.39. The lowest BCUT2D eigenvalue weighted by molar-refractivity contribution is -0.122. The standard InChI is InChI=1S/C18H23ClN2O4/c1-5-7-21-17(22)14(20-18(21)23)9-12-8-13(19)16(15(10-12)24-4)25-11(3)6-2/h8-11H,5-7H2,1-4H3,(H,20,23)/b14-9+/t11-/m0/s1. The SMILES string of the molecule is CCCN1C(=O)N/C(=C/c2cc(Cl)c(O[C@@H](C)CC)c(OC)c2)C1=O. The number of nitrogens with one attached hydrogen (secondary N) is 1. The van der Waals surface area contributed by atoms with Gasteiger partial charge in [-0.2, -0.15) is 0 Å². The third-order valence-corrected chi connectivity index (χ3v) is 4.15. The maximum Gasteiger partial charge on any atom is 0.329 e. The fourth-order valence-corrected chi connectivity index (χ4v) is 2.65. The van der Waals surface area contributed by atoms with Gasteiger partial charge < -0.3 is 14.8 Å². The number of ether oxygens (including phenoxy) is 2. The summed E-state index contributed by atoms with van der Waals surface area (Å²) in [4.78, 5) is 25.3. The Labute approximate surface area is 152 Å². The summed E-state index contributed by atoms with van der Waals surface area (Å²) in [6.07, 6.45) is 3.11. The Morgan fingerprint density at radius 3 is 2.64 bits per heavy atom. The number of rotatable bonds is 7. The minimum absolute atomic E-state index is 0.00564. The first-order valence-corrected chi connectivity index (χ1v) is 8.67. The molecule has 1 saturated heterocycles. The molecule has 1 aliphatic rings. The Morgan fingerprint density at radius 2 is 2.04 bits per heavy atom. The number of nitrogens with zero attached hydrogens (tertiary/aromatic N) is 1. The van der Waals surface area contributed by atoms with Crippen LogP contribution in [0.4, 0.5) is 4.79 Å². The number of imide groups is 1. The van der Waals surface area contributed by atoms with Crippen LogP contribution in [0.2, 0.25) is 5.02 Å². The molecule has 0 saturated carbocycles. The highest BCUT2D eigenvalue weighted by Crippen LogP contribution is 2.38. The van der Waals surface area contributed by atoms with Crippen molar-refractivity contribution in [2.75, 3.05) is 13.7 Å². The van der Waals surface area contributed by atoms with Gasteiger partial charge in [-0.3, -0.25) is 9.69 Å². The highest BCUT2D eigenvalue weighted by Gasteiger charge is 2.32. The van der Waals surface area contributed by atoms with Crippen LogP contribution in [0.5, 0.6) is 11.5 Å². The van der Waals surface area contributed by atoms with Gasteiger partial charge in [0.15, 0.2) is 11.5 Å². The molecular weight excluding hydrogens is 344 g/mol. The van der Waals surface area contributed by atoms with Gasteiger partial charge in [0.25, 0.3) is 5.91 Å². The van der Waals surface area contributed by atoms with Crippen molar-refractivity contribution in [3.63, 3.8) is 0 Å². The number of methoxy groups -OCH3 is 1. The highest BCUT2D eigenvalue weighted by atomic mass is 35.5. The minimum Gasteiger partial charge on any atom is -0.493 e. The summed E-state index contributed by atoms with van der Waals surface area (Å²) in [6, 6.07) is 2.99. The van der Waals surface area contributed by atoms with Gasteiger partial charge in [-0.25, -0.2) is 4.79 Å². The number of hydrogen-bond acceptors (Lipinski definition) is 4. The van der Waals surface area contributed by atoms with Crippen molar-refractivity contribution in [3.8, 4) is 11.5 Å². The van der Waals surface area contributed by atoms with Gasteiger partial charge in [0.05, 0.1) is 18.2 Å². The van der Waals surface area contributed by atoms with E-state index in [-0.39, 0.29) is 17.7 Å². The Bertz CT molecular complexity index is 703. The van der Waals surface area contributed by atoms with Crippen LogP contribution in [0.1, 0.15) is 39.2 Å². The van der Waals surface area contributed by atoms with E-state index in [1.165, 1.54) is 12.0 Å². The van der Waals surface area contributed by atoms with E-state index in [4.69, 9.17) is 21.1 Å². The number of hydrogen-bond donors (Lipinski definition) is 1. The zero-order chi connectivity index (χ0) is 18.6. The molecular formula is C18H23ClN2O4. The summed E-state index contributed by atoms with van der Waals surface area (Å²) in [7, 11) is 1.53. The first-order chi connectivity index (χ1) is 11.9. The van der Waals surface area contributed by atoms with Crippen LogP contribution in [-0.2, 0) is 4.79 Å². The molecule has 1 heterocycles. The molecule has 1 N–H and O–H groups in total. The molecule has 0 aliphatic carbocycles. The zero-order valence-corrected chi connectivity index (χ0v) is 15.6. The van der Waals surface area contributed by atoms with E-state index in [0.717, 1.165) is 6.42 Å². The maximum absolute atomic E-state index is 12.3. The number of carbonyl (C=O) groups excluding carboxylic acids is 2. The second kappa shape index (κ2) is 8.25. The van der Waals surface area contributed by atoms with Crippen LogP contribution in [0.25, 0.3) is 6.08 Å². The van der Waals surface area contributed by atoms with E-state index in [1.807, 2.05) is 20.8 Å². The van der Waals surface area contributed by atoms with E-state index in [9.17, 15) is 9.59 Å². The van der Waals surface area contributed by atoms with Crippen molar-refractivity contribution < 1.29 is 19.1 Å². The van der Waals surface area contributed by atoms with E-state index < -0.39 is 6.03 Å². The van der Waals surface area contributed by atoms with Crippen molar-refractivity contribution in [1.82, 2.24) is 10.2 Å². The van der Waals surface area contributed by atoms with E-state index in [0.29, 0.717) is 35.1 Å². The van der Waals surface area contributed by atoms with Crippen molar-refractivity contribution in [1.29, 1.82) is 0 Å². The Balaban J connectivity index is 2.33. The lowest BCUT2D eigenvalue weighted by atomic mass is 10.1. The molecule has 1 atom stereocenters. The van der Waals surface area contributed by atoms with Gasteiger partial charge in [-0.15, -0.1) is 0 Å². The molecule has 136 valence electrons. The molecule has 2 rings (SSSR count). The summed E-state index contributed by atoms with van der Waals surface area (Å²) in [5.41, 5.74) is 0.854. The summed E-state index contributed by atoms with van der Waals surface area (Å²) >= 11 is 6.33. The maximum atomic E-state index is 12.3.